The Morgan fingerprint density at radius 1 is 1.15 bits per heavy atom. The van der Waals surface area contributed by atoms with Gasteiger partial charge in [0.1, 0.15) is 11.3 Å². The van der Waals surface area contributed by atoms with Crippen LogP contribution in [0.1, 0.15) is 24.5 Å². The Hall–Kier alpha value is -4.77. The van der Waals surface area contributed by atoms with Crippen LogP contribution in [0, 0.1) is 0 Å². The molecule has 0 aliphatic carbocycles. The maximum Gasteiger partial charge on any atom is 0.417 e. The minimum atomic E-state index is -4.80. The number of pyridine rings is 1. The van der Waals surface area contributed by atoms with Gasteiger partial charge in [-0.3, -0.25) is 19.8 Å². The number of likely N-dealkylation sites (tertiary alicyclic amines) is 2. The number of fused-ring (bicyclic) bond motifs is 1. The van der Waals surface area contributed by atoms with Crippen LogP contribution in [0.3, 0.4) is 0 Å². The van der Waals surface area contributed by atoms with Gasteiger partial charge >= 0.3 is 12.3 Å². The van der Waals surface area contributed by atoms with Crippen LogP contribution in [0.4, 0.5) is 29.6 Å². The number of amides is 3. The normalized spacial score (nSPS) is 17.9. The van der Waals surface area contributed by atoms with Gasteiger partial charge in [-0.1, -0.05) is 6.08 Å². The van der Waals surface area contributed by atoms with Crippen LogP contribution in [-0.2, 0) is 31.8 Å². The van der Waals surface area contributed by atoms with Crippen LogP contribution < -0.4 is 15.5 Å². The first-order valence-corrected chi connectivity index (χ1v) is 15.1. The minimum Gasteiger partial charge on any atom is -0.453 e. The quantitative estimate of drug-likeness (QED) is 0.346. The van der Waals surface area contributed by atoms with Gasteiger partial charge in [0.2, 0.25) is 11.8 Å². The number of carbonyl (C=O) groups is 3. The number of methoxy groups -OCH3 is 1. The molecular weight excluding hydrogens is 623 g/mol. The number of anilines is 2. The van der Waals surface area contributed by atoms with E-state index >= 15 is 0 Å². The van der Waals surface area contributed by atoms with Crippen molar-refractivity contribution in [2.45, 2.75) is 31.6 Å². The predicted octanol–water partition coefficient (Wildman–Crippen LogP) is 2.30. The molecule has 17 heteroatoms. The molecule has 6 rings (SSSR count). The molecule has 0 aromatic carbocycles. The fraction of sp³-hybridized carbons (Fsp3) is 0.467. The van der Waals surface area contributed by atoms with Crippen LogP contribution in [0.15, 0.2) is 36.7 Å². The maximum absolute atomic E-state index is 14.3. The highest BCUT2D eigenvalue weighted by Gasteiger charge is 2.54. The molecular formula is C30H34F3N9O5. The molecule has 250 valence electrons. The molecule has 3 aliphatic heterocycles. The SMILES string of the molecule is C/C=C/C(=O)NCC(=O)N1CCC12CN(Cc1cc3c(N4CCOCC4)nc(-c4cnc(NC(=O)OC)cc4C(F)(F)F)nn3c1)C2. The van der Waals surface area contributed by atoms with Gasteiger partial charge in [-0.25, -0.2) is 19.3 Å². The number of aromatic nitrogens is 4. The summed E-state index contributed by atoms with van der Waals surface area (Å²) in [6, 6.07) is 2.64. The fourth-order valence-electron chi connectivity index (χ4n) is 6.22. The average Bonchev–Trinajstić information content (AvgIpc) is 3.43. The first-order chi connectivity index (χ1) is 22.5. The van der Waals surface area contributed by atoms with E-state index in [2.05, 4.69) is 35.3 Å². The van der Waals surface area contributed by atoms with Crippen LogP contribution in [0.5, 0.6) is 0 Å². The standard InChI is InChI=1S/C30H34F3N9O5/c1-3-4-24(43)35-14-25(44)41-6-5-29(41)17-39(18-29)15-19-11-22-27(40-7-9-47-10-8-40)37-26(38-42(22)16-19)20-13-34-23(36-28(45)46-2)12-21(20)30(31,32)33/h3-4,11-13,16H,5-10,14-15,17-18H2,1-2H3,(H,35,43)(H,34,36,45)/b4-3+. The number of hydrogen-bond donors (Lipinski definition) is 2. The van der Waals surface area contributed by atoms with E-state index < -0.39 is 17.8 Å². The highest BCUT2D eigenvalue weighted by Crippen LogP contribution is 2.41. The van der Waals surface area contributed by atoms with E-state index in [-0.39, 0.29) is 41.1 Å². The third-order valence-corrected chi connectivity index (χ3v) is 8.53. The average molecular weight is 658 g/mol. The Morgan fingerprint density at radius 2 is 1.91 bits per heavy atom. The highest BCUT2D eigenvalue weighted by atomic mass is 19.4. The van der Waals surface area contributed by atoms with Crippen molar-refractivity contribution in [3.63, 3.8) is 0 Å². The van der Waals surface area contributed by atoms with Gasteiger partial charge in [0.15, 0.2) is 11.6 Å². The lowest BCUT2D eigenvalue weighted by molar-refractivity contribution is -0.166. The number of halogens is 3. The van der Waals surface area contributed by atoms with Crippen molar-refractivity contribution in [3.05, 3.63) is 47.8 Å². The Balaban J connectivity index is 1.25. The van der Waals surface area contributed by atoms with Gasteiger partial charge in [0.05, 0.1) is 43.5 Å². The lowest BCUT2D eigenvalue weighted by atomic mass is 9.77. The molecule has 3 aliphatic rings. The van der Waals surface area contributed by atoms with Gasteiger partial charge in [-0.15, -0.1) is 5.10 Å². The first kappa shape index (κ1) is 32.2. The molecule has 1 spiro atoms. The smallest absolute Gasteiger partial charge is 0.417 e. The van der Waals surface area contributed by atoms with Crippen molar-refractivity contribution in [2.75, 3.05) is 69.8 Å². The number of hydrogen-bond acceptors (Lipinski definition) is 10. The molecule has 14 nitrogen and oxygen atoms in total. The molecule has 3 fully saturated rings. The minimum absolute atomic E-state index is 0.0583. The number of ether oxygens (including phenoxy) is 2. The summed E-state index contributed by atoms with van der Waals surface area (Å²) >= 11 is 0. The van der Waals surface area contributed by atoms with Crippen molar-refractivity contribution in [1.82, 2.24) is 34.7 Å². The topological polar surface area (TPSA) is 147 Å². The van der Waals surface area contributed by atoms with Gasteiger partial charge < -0.3 is 24.6 Å². The zero-order chi connectivity index (χ0) is 33.3. The van der Waals surface area contributed by atoms with Crippen molar-refractivity contribution in [3.8, 4) is 11.4 Å². The van der Waals surface area contributed by atoms with Crippen molar-refractivity contribution in [2.24, 2.45) is 0 Å². The predicted molar refractivity (Wildman–Crippen MR) is 162 cm³/mol. The largest absolute Gasteiger partial charge is 0.453 e. The van der Waals surface area contributed by atoms with E-state index in [1.165, 1.54) is 10.6 Å². The number of nitrogens with one attached hydrogen (secondary N) is 2. The third kappa shape index (κ3) is 6.58. The number of morpholine rings is 1. The molecule has 0 radical (unpaired) electrons. The Bertz CT molecular complexity index is 1710. The van der Waals surface area contributed by atoms with Gasteiger partial charge in [0.25, 0.3) is 0 Å². The van der Waals surface area contributed by atoms with Crippen LogP contribution >= 0.6 is 0 Å². The van der Waals surface area contributed by atoms with E-state index in [1.54, 1.807) is 19.2 Å². The summed E-state index contributed by atoms with van der Waals surface area (Å²) in [6.07, 6.45) is 0.850. The molecule has 3 saturated heterocycles. The molecule has 2 N–H and O–H groups in total. The molecule has 6 heterocycles. The van der Waals surface area contributed by atoms with E-state index in [0.29, 0.717) is 63.8 Å². The van der Waals surface area contributed by atoms with Crippen LogP contribution in [0.2, 0.25) is 0 Å². The van der Waals surface area contributed by atoms with E-state index in [9.17, 15) is 27.6 Å². The monoisotopic (exact) mass is 657 g/mol. The Kier molecular flexibility index (Phi) is 8.76. The number of allylic oxidation sites excluding steroid dienone is 1. The molecule has 0 bridgehead atoms. The third-order valence-electron chi connectivity index (χ3n) is 8.53. The lowest BCUT2D eigenvalue weighted by Crippen LogP contribution is -2.78. The summed E-state index contributed by atoms with van der Waals surface area (Å²) in [5.74, 6) is -0.484. The number of rotatable bonds is 8. The summed E-state index contributed by atoms with van der Waals surface area (Å²) in [6.45, 7) is 6.02. The highest BCUT2D eigenvalue weighted by molar-refractivity contribution is 5.91. The number of alkyl halides is 3. The van der Waals surface area contributed by atoms with Crippen molar-refractivity contribution in [1.29, 1.82) is 0 Å². The van der Waals surface area contributed by atoms with Crippen molar-refractivity contribution < 1.29 is 37.0 Å². The van der Waals surface area contributed by atoms with E-state index in [1.807, 2.05) is 15.9 Å². The molecule has 0 atom stereocenters. The van der Waals surface area contributed by atoms with Crippen LogP contribution in [-0.4, -0.2) is 112 Å². The van der Waals surface area contributed by atoms with Gasteiger partial charge in [0, 0.05) is 51.7 Å². The van der Waals surface area contributed by atoms with Crippen molar-refractivity contribution >= 4 is 35.1 Å². The molecule has 47 heavy (non-hydrogen) atoms. The molecule has 3 aromatic heterocycles. The Morgan fingerprint density at radius 3 is 2.57 bits per heavy atom. The van der Waals surface area contributed by atoms with Gasteiger partial charge in [-0.2, -0.15) is 13.2 Å². The second-order valence-corrected chi connectivity index (χ2v) is 11.6. The summed E-state index contributed by atoms with van der Waals surface area (Å²) in [5.41, 5.74) is -0.165. The zero-order valence-electron chi connectivity index (χ0n) is 25.8. The zero-order valence-corrected chi connectivity index (χ0v) is 25.8. The van der Waals surface area contributed by atoms with Crippen LogP contribution in [0.25, 0.3) is 16.9 Å². The first-order valence-electron chi connectivity index (χ1n) is 15.1. The van der Waals surface area contributed by atoms with Gasteiger partial charge in [-0.05, 0) is 37.1 Å². The molecule has 3 aromatic rings. The van der Waals surface area contributed by atoms with E-state index in [4.69, 9.17) is 4.74 Å². The van der Waals surface area contributed by atoms with E-state index in [0.717, 1.165) is 31.4 Å². The number of carbonyl (C=O) groups excluding carboxylic acids is 3. The fourth-order valence-corrected chi connectivity index (χ4v) is 6.22. The molecule has 0 saturated carbocycles. The molecule has 0 unspecified atom stereocenters. The number of nitrogens with zero attached hydrogens (tertiary/aromatic N) is 7. The summed E-state index contributed by atoms with van der Waals surface area (Å²) in [4.78, 5) is 50.7. The molecule has 3 amide bonds. The second kappa shape index (κ2) is 12.8. The lowest BCUT2D eigenvalue weighted by Gasteiger charge is -2.62. The summed E-state index contributed by atoms with van der Waals surface area (Å²) in [7, 11) is 1.09. The summed E-state index contributed by atoms with van der Waals surface area (Å²) in [5, 5.41) is 9.25. The maximum atomic E-state index is 14.3. The second-order valence-electron chi connectivity index (χ2n) is 11.6. The summed E-state index contributed by atoms with van der Waals surface area (Å²) < 4.78 is 54.3. The Labute approximate surface area is 267 Å².